The van der Waals surface area contributed by atoms with Crippen molar-refractivity contribution in [2.75, 3.05) is 0 Å². The van der Waals surface area contributed by atoms with Crippen LogP contribution in [0.3, 0.4) is 0 Å². The van der Waals surface area contributed by atoms with Gasteiger partial charge in [-0.15, -0.1) is 0 Å². The van der Waals surface area contributed by atoms with Crippen LogP contribution in [-0.4, -0.2) is 52.5 Å². The second-order valence-electron chi connectivity index (χ2n) is 2.53. The Morgan fingerprint density at radius 2 is 1.93 bits per heavy atom. The van der Waals surface area contributed by atoms with Gasteiger partial charge in [0.1, 0.15) is 0 Å². The zero-order valence-electron chi connectivity index (χ0n) is 6.43. The normalized spacial score (nSPS) is 11.2. The molecule has 0 bridgehead atoms. The Morgan fingerprint density at radius 1 is 1.29 bits per heavy atom. The van der Waals surface area contributed by atoms with Gasteiger partial charge in [-0.25, -0.2) is 4.98 Å². The average molecular weight is 222 g/mol. The van der Waals surface area contributed by atoms with Crippen LogP contribution in [0.4, 0.5) is 0 Å². The molecule has 1 heterocycles. The van der Waals surface area contributed by atoms with Gasteiger partial charge in [-0.1, -0.05) is 12.1 Å². The van der Waals surface area contributed by atoms with Crippen molar-refractivity contribution in [3.05, 3.63) is 24.3 Å². The monoisotopic (exact) mass is 222 g/mol. The van der Waals surface area contributed by atoms with Gasteiger partial charge in [-0.2, -0.15) is 8.42 Å². The van der Waals surface area contributed by atoms with Gasteiger partial charge >= 0.3 is 39.7 Å². The summed E-state index contributed by atoms with van der Waals surface area (Å²) in [6.45, 7) is 0. The third kappa shape index (κ3) is 2.15. The van der Waals surface area contributed by atoms with Crippen molar-refractivity contribution >= 4 is 50.7 Å². The average Bonchev–Trinajstić information content (AvgIpc) is 2.45. The van der Waals surface area contributed by atoms with E-state index in [0.717, 1.165) is 0 Å². The Labute approximate surface area is 103 Å². The SMILES string of the molecule is O=S(=O)(O)c1nc2ccccc2[nH]1.[NaH]. The van der Waals surface area contributed by atoms with E-state index in [9.17, 15) is 8.42 Å². The fourth-order valence-electron chi connectivity index (χ4n) is 1.05. The van der Waals surface area contributed by atoms with Crippen LogP contribution >= 0.6 is 0 Å². The Hall–Kier alpha value is -0.400. The van der Waals surface area contributed by atoms with Crippen LogP contribution in [0.1, 0.15) is 0 Å². The van der Waals surface area contributed by atoms with Crippen molar-refractivity contribution < 1.29 is 13.0 Å². The number of imidazole rings is 1. The van der Waals surface area contributed by atoms with E-state index < -0.39 is 15.3 Å². The molecule has 5 nitrogen and oxygen atoms in total. The summed E-state index contributed by atoms with van der Waals surface area (Å²) in [5, 5.41) is -0.422. The first-order valence-corrected chi connectivity index (χ1v) is 4.93. The molecule has 70 valence electrons. The van der Waals surface area contributed by atoms with Crippen LogP contribution in [0.5, 0.6) is 0 Å². The van der Waals surface area contributed by atoms with Gasteiger partial charge in [0.15, 0.2) is 0 Å². The Balaban J connectivity index is 0.000000980. The number of nitrogens with zero attached hydrogens (tertiary/aromatic N) is 1. The number of nitrogens with one attached hydrogen (secondary N) is 1. The van der Waals surface area contributed by atoms with Gasteiger partial charge in [-0.05, 0) is 12.1 Å². The molecule has 0 aliphatic carbocycles. The molecule has 0 saturated heterocycles. The molecular formula is C7H7N2NaO3S. The predicted octanol–water partition coefficient (Wildman–Crippen LogP) is 0.161. The fraction of sp³-hybridized carbons (Fsp3) is 0. The van der Waals surface area contributed by atoms with E-state index in [-0.39, 0.29) is 29.6 Å². The number of aromatic nitrogens is 2. The van der Waals surface area contributed by atoms with Crippen LogP contribution < -0.4 is 0 Å². The molecule has 2 aromatic rings. The standard InChI is InChI=1S/C7H6N2O3S.Na.H/c10-13(11,12)7-8-5-3-1-2-4-6(5)9-7;;/h1-4H,(H,8,9)(H,10,11,12);;. The van der Waals surface area contributed by atoms with E-state index in [1.807, 2.05) is 0 Å². The van der Waals surface area contributed by atoms with Crippen LogP contribution in [0.2, 0.25) is 0 Å². The Kier molecular flexibility index (Phi) is 3.33. The predicted molar refractivity (Wildman–Crippen MR) is 53.1 cm³/mol. The van der Waals surface area contributed by atoms with Gasteiger partial charge in [0.25, 0.3) is 5.16 Å². The van der Waals surface area contributed by atoms with E-state index >= 15 is 0 Å². The van der Waals surface area contributed by atoms with Gasteiger partial charge < -0.3 is 4.98 Å². The summed E-state index contributed by atoms with van der Waals surface area (Å²) in [5.74, 6) is 0. The van der Waals surface area contributed by atoms with Crippen molar-refractivity contribution in [3.63, 3.8) is 0 Å². The molecule has 1 aromatic heterocycles. The molecule has 0 radical (unpaired) electrons. The number of H-pyrrole nitrogens is 1. The zero-order valence-corrected chi connectivity index (χ0v) is 7.25. The molecule has 0 atom stereocenters. The Morgan fingerprint density at radius 3 is 2.50 bits per heavy atom. The summed E-state index contributed by atoms with van der Waals surface area (Å²) >= 11 is 0. The quantitative estimate of drug-likeness (QED) is 0.532. The van der Waals surface area contributed by atoms with Crippen molar-refractivity contribution in [2.45, 2.75) is 5.16 Å². The number of hydrogen-bond acceptors (Lipinski definition) is 3. The molecule has 2 rings (SSSR count). The van der Waals surface area contributed by atoms with Gasteiger partial charge in [0.2, 0.25) is 0 Å². The molecule has 0 amide bonds. The first kappa shape index (κ1) is 11.7. The minimum atomic E-state index is -4.23. The molecular weight excluding hydrogens is 215 g/mol. The van der Waals surface area contributed by atoms with Gasteiger partial charge in [0, 0.05) is 0 Å². The third-order valence-electron chi connectivity index (χ3n) is 1.61. The molecule has 14 heavy (non-hydrogen) atoms. The van der Waals surface area contributed by atoms with E-state index in [1.54, 1.807) is 24.3 Å². The van der Waals surface area contributed by atoms with Crippen LogP contribution in [0.25, 0.3) is 11.0 Å². The topological polar surface area (TPSA) is 83.1 Å². The van der Waals surface area contributed by atoms with Gasteiger partial charge in [0.05, 0.1) is 11.0 Å². The molecule has 0 spiro atoms. The van der Waals surface area contributed by atoms with E-state index in [2.05, 4.69) is 9.97 Å². The molecule has 0 aliphatic rings. The summed E-state index contributed by atoms with van der Waals surface area (Å²) in [5.41, 5.74) is 1.09. The second kappa shape index (κ2) is 4.00. The number of fused-ring (bicyclic) bond motifs is 1. The molecule has 0 fully saturated rings. The van der Waals surface area contributed by atoms with Crippen molar-refractivity contribution in [3.8, 4) is 0 Å². The maximum absolute atomic E-state index is 10.7. The number of benzene rings is 1. The molecule has 7 heteroatoms. The molecule has 0 saturated carbocycles. The maximum atomic E-state index is 10.7. The first-order chi connectivity index (χ1) is 6.07. The molecule has 2 N–H and O–H groups in total. The third-order valence-corrected chi connectivity index (χ3v) is 2.29. The van der Waals surface area contributed by atoms with Crippen LogP contribution in [0, 0.1) is 0 Å². The zero-order chi connectivity index (χ0) is 9.47. The number of rotatable bonds is 1. The van der Waals surface area contributed by atoms with E-state index in [4.69, 9.17) is 4.55 Å². The van der Waals surface area contributed by atoms with Crippen LogP contribution in [0.15, 0.2) is 29.4 Å². The first-order valence-electron chi connectivity index (χ1n) is 3.49. The minimum absolute atomic E-state index is 0. The van der Waals surface area contributed by atoms with Crippen molar-refractivity contribution in [1.29, 1.82) is 0 Å². The van der Waals surface area contributed by atoms with Crippen molar-refractivity contribution in [1.82, 2.24) is 9.97 Å². The molecule has 0 aliphatic heterocycles. The number of hydrogen-bond donors (Lipinski definition) is 2. The van der Waals surface area contributed by atoms with E-state index in [0.29, 0.717) is 11.0 Å². The Bertz CT molecular complexity index is 516. The van der Waals surface area contributed by atoms with E-state index in [1.165, 1.54) is 0 Å². The summed E-state index contributed by atoms with van der Waals surface area (Å²) in [4.78, 5) is 6.18. The summed E-state index contributed by atoms with van der Waals surface area (Å²) in [7, 11) is -4.23. The summed E-state index contributed by atoms with van der Waals surface area (Å²) in [6, 6.07) is 6.81. The number of aromatic amines is 1. The summed E-state index contributed by atoms with van der Waals surface area (Å²) in [6.07, 6.45) is 0. The van der Waals surface area contributed by atoms with Gasteiger partial charge in [-0.3, -0.25) is 4.55 Å². The second-order valence-corrected chi connectivity index (χ2v) is 3.87. The molecule has 0 unspecified atom stereocenters. The van der Waals surface area contributed by atoms with Crippen LogP contribution in [-0.2, 0) is 10.1 Å². The summed E-state index contributed by atoms with van der Waals surface area (Å²) < 4.78 is 30.0. The fourth-order valence-corrected chi connectivity index (χ4v) is 1.50. The van der Waals surface area contributed by atoms with Crippen molar-refractivity contribution in [2.24, 2.45) is 0 Å². The number of para-hydroxylation sites is 2. The molecule has 1 aromatic carbocycles.